The largest absolute Gasteiger partial charge is 0.496 e. The smallest absolute Gasteiger partial charge is 0.310 e. The Bertz CT molecular complexity index is 388. The van der Waals surface area contributed by atoms with Crippen LogP contribution in [-0.4, -0.2) is 20.2 Å². The van der Waals surface area contributed by atoms with E-state index in [1.807, 2.05) is 19.1 Å². The van der Waals surface area contributed by atoms with Gasteiger partial charge >= 0.3 is 5.97 Å². The third kappa shape index (κ3) is 2.98. The molecule has 1 aromatic rings. The van der Waals surface area contributed by atoms with Crippen LogP contribution in [0, 0.1) is 6.92 Å². The molecule has 0 bridgehead atoms. The van der Waals surface area contributed by atoms with E-state index in [2.05, 4.69) is 20.7 Å². The molecule has 0 saturated carbocycles. The topological polar surface area (TPSA) is 35.5 Å². The van der Waals surface area contributed by atoms with Gasteiger partial charge in [0.2, 0.25) is 0 Å². The minimum absolute atomic E-state index is 0.239. The Morgan fingerprint density at radius 1 is 1.31 bits per heavy atom. The molecular formula is C12H15BrO3. The summed E-state index contributed by atoms with van der Waals surface area (Å²) >= 11 is 3.41. The number of halogens is 1. The van der Waals surface area contributed by atoms with Gasteiger partial charge < -0.3 is 9.47 Å². The molecule has 0 heterocycles. The summed E-state index contributed by atoms with van der Waals surface area (Å²) in [6.45, 7) is 2.01. The molecule has 3 nitrogen and oxygen atoms in total. The van der Waals surface area contributed by atoms with Gasteiger partial charge in [0, 0.05) is 10.9 Å². The van der Waals surface area contributed by atoms with Gasteiger partial charge in [-0.3, -0.25) is 4.79 Å². The lowest BCUT2D eigenvalue weighted by molar-refractivity contribution is -0.139. The van der Waals surface area contributed by atoms with Crippen molar-refractivity contribution in [2.45, 2.75) is 18.7 Å². The molecule has 0 aliphatic rings. The molecular weight excluding hydrogens is 272 g/mol. The highest BCUT2D eigenvalue weighted by Crippen LogP contribution is 2.25. The van der Waals surface area contributed by atoms with Gasteiger partial charge in [-0.2, -0.15) is 0 Å². The first-order valence-corrected chi connectivity index (χ1v) is 6.03. The second kappa shape index (κ2) is 5.89. The van der Waals surface area contributed by atoms with Crippen molar-refractivity contribution < 1.29 is 14.3 Å². The van der Waals surface area contributed by atoms with Crippen molar-refractivity contribution in [3.63, 3.8) is 0 Å². The molecule has 0 radical (unpaired) electrons. The maximum Gasteiger partial charge on any atom is 0.310 e. The molecule has 0 unspecified atom stereocenters. The van der Waals surface area contributed by atoms with Crippen molar-refractivity contribution in [1.29, 1.82) is 0 Å². The predicted octanol–water partition coefficient (Wildman–Crippen LogP) is 2.61. The number of methoxy groups -OCH3 is 2. The van der Waals surface area contributed by atoms with Crippen LogP contribution in [0.4, 0.5) is 0 Å². The molecule has 0 saturated heterocycles. The van der Waals surface area contributed by atoms with Crippen LogP contribution in [0.15, 0.2) is 12.1 Å². The fraction of sp³-hybridized carbons (Fsp3) is 0.417. The summed E-state index contributed by atoms with van der Waals surface area (Å²) in [5, 5.41) is 0.772. The molecule has 88 valence electrons. The molecule has 0 aliphatic heterocycles. The first kappa shape index (κ1) is 13.0. The van der Waals surface area contributed by atoms with Crippen LogP contribution in [0.25, 0.3) is 0 Å². The number of hydrogen-bond donors (Lipinski definition) is 0. The number of benzene rings is 1. The summed E-state index contributed by atoms with van der Waals surface area (Å²) in [6.07, 6.45) is 0.239. The average molecular weight is 287 g/mol. The van der Waals surface area contributed by atoms with Gasteiger partial charge in [0.15, 0.2) is 0 Å². The van der Waals surface area contributed by atoms with Crippen LogP contribution in [-0.2, 0) is 21.3 Å². The Hall–Kier alpha value is -1.03. The Kier molecular flexibility index (Phi) is 4.80. The highest BCUT2D eigenvalue weighted by atomic mass is 79.9. The van der Waals surface area contributed by atoms with Gasteiger partial charge in [0.1, 0.15) is 5.75 Å². The predicted molar refractivity (Wildman–Crippen MR) is 66.1 cm³/mol. The monoisotopic (exact) mass is 286 g/mol. The van der Waals surface area contributed by atoms with Crippen molar-refractivity contribution in [2.75, 3.05) is 14.2 Å². The molecule has 0 N–H and O–H groups in total. The number of aryl methyl sites for hydroxylation is 1. The van der Waals surface area contributed by atoms with E-state index in [1.165, 1.54) is 7.11 Å². The lowest BCUT2D eigenvalue weighted by atomic mass is 10.0. The van der Waals surface area contributed by atoms with Crippen LogP contribution >= 0.6 is 15.9 Å². The zero-order chi connectivity index (χ0) is 12.1. The van der Waals surface area contributed by atoms with E-state index in [0.29, 0.717) is 0 Å². The van der Waals surface area contributed by atoms with E-state index >= 15 is 0 Å². The Morgan fingerprint density at radius 2 is 2.00 bits per heavy atom. The Labute approximate surface area is 104 Å². The number of carbonyl (C=O) groups is 1. The summed E-state index contributed by atoms with van der Waals surface area (Å²) in [4.78, 5) is 11.2. The van der Waals surface area contributed by atoms with Crippen LogP contribution in [0.5, 0.6) is 5.75 Å². The second-order valence-corrected chi connectivity index (χ2v) is 4.04. The number of rotatable bonds is 4. The maximum absolute atomic E-state index is 11.2. The Morgan fingerprint density at radius 3 is 2.50 bits per heavy atom. The van der Waals surface area contributed by atoms with E-state index in [9.17, 15) is 4.79 Å². The summed E-state index contributed by atoms with van der Waals surface area (Å²) in [6, 6.07) is 3.91. The third-order valence-electron chi connectivity index (χ3n) is 2.45. The molecule has 0 atom stereocenters. The number of hydrogen-bond acceptors (Lipinski definition) is 3. The second-order valence-electron chi connectivity index (χ2n) is 3.48. The third-order valence-corrected chi connectivity index (χ3v) is 3.05. The van der Waals surface area contributed by atoms with E-state index in [4.69, 9.17) is 4.74 Å². The molecule has 16 heavy (non-hydrogen) atoms. The van der Waals surface area contributed by atoms with Gasteiger partial charge in [-0.25, -0.2) is 0 Å². The normalized spacial score (nSPS) is 10.0. The molecule has 0 fully saturated rings. The number of esters is 1. The highest BCUT2D eigenvalue weighted by Gasteiger charge is 2.11. The molecule has 4 heteroatoms. The molecule has 0 amide bonds. The van der Waals surface area contributed by atoms with Crippen molar-refractivity contribution in [3.8, 4) is 5.75 Å². The summed E-state index contributed by atoms with van der Waals surface area (Å²) < 4.78 is 9.91. The lowest BCUT2D eigenvalue weighted by Crippen LogP contribution is -2.06. The van der Waals surface area contributed by atoms with Crippen LogP contribution in [0.1, 0.15) is 16.7 Å². The van der Waals surface area contributed by atoms with Gasteiger partial charge in [0.05, 0.1) is 20.6 Å². The quantitative estimate of drug-likeness (QED) is 0.631. The Balaban J connectivity index is 3.08. The van der Waals surface area contributed by atoms with Gasteiger partial charge in [-0.05, 0) is 24.1 Å². The number of ether oxygens (including phenoxy) is 2. The van der Waals surface area contributed by atoms with Gasteiger partial charge in [-0.1, -0.05) is 22.0 Å². The SMILES string of the molecule is COC(=O)Cc1cc(C)c(CBr)cc1OC. The molecule has 0 aromatic heterocycles. The van der Waals surface area contributed by atoms with Crippen molar-refractivity contribution >= 4 is 21.9 Å². The zero-order valence-electron chi connectivity index (χ0n) is 9.67. The summed E-state index contributed by atoms with van der Waals surface area (Å²) in [5.74, 6) is 0.467. The van der Waals surface area contributed by atoms with Crippen molar-refractivity contribution in [3.05, 3.63) is 28.8 Å². The van der Waals surface area contributed by atoms with Crippen LogP contribution in [0.3, 0.4) is 0 Å². The van der Waals surface area contributed by atoms with Crippen LogP contribution in [0.2, 0.25) is 0 Å². The fourth-order valence-corrected chi connectivity index (χ4v) is 2.09. The minimum Gasteiger partial charge on any atom is -0.496 e. The van der Waals surface area contributed by atoms with E-state index in [1.54, 1.807) is 7.11 Å². The first-order chi connectivity index (χ1) is 7.62. The summed E-state index contributed by atoms with van der Waals surface area (Å²) in [7, 11) is 2.98. The van der Waals surface area contributed by atoms with E-state index < -0.39 is 0 Å². The average Bonchev–Trinajstić information content (AvgIpc) is 2.29. The van der Waals surface area contributed by atoms with E-state index in [0.717, 1.165) is 27.8 Å². The zero-order valence-corrected chi connectivity index (χ0v) is 11.3. The minimum atomic E-state index is -0.260. The highest BCUT2D eigenvalue weighted by molar-refractivity contribution is 9.08. The van der Waals surface area contributed by atoms with Crippen molar-refractivity contribution in [1.82, 2.24) is 0 Å². The molecule has 0 aliphatic carbocycles. The van der Waals surface area contributed by atoms with Gasteiger partial charge in [-0.15, -0.1) is 0 Å². The first-order valence-electron chi connectivity index (χ1n) is 4.91. The maximum atomic E-state index is 11.2. The van der Waals surface area contributed by atoms with Gasteiger partial charge in [0.25, 0.3) is 0 Å². The lowest BCUT2D eigenvalue weighted by Gasteiger charge is -2.11. The molecule has 1 rings (SSSR count). The summed E-state index contributed by atoms with van der Waals surface area (Å²) in [5.41, 5.74) is 3.15. The van der Waals surface area contributed by atoms with Crippen molar-refractivity contribution in [2.24, 2.45) is 0 Å². The molecule has 1 aromatic carbocycles. The fourth-order valence-electron chi connectivity index (χ4n) is 1.49. The number of alkyl halides is 1. The standard InChI is InChI=1S/C12H15BrO3/c1-8-4-9(6-12(14)16-3)11(15-2)5-10(8)7-13/h4-5H,6-7H2,1-3H3. The van der Waals surface area contributed by atoms with Crippen LogP contribution < -0.4 is 4.74 Å². The molecule has 0 spiro atoms. The van der Waals surface area contributed by atoms with E-state index in [-0.39, 0.29) is 12.4 Å². The number of carbonyl (C=O) groups excluding carboxylic acids is 1.